The summed E-state index contributed by atoms with van der Waals surface area (Å²) in [4.78, 5) is 14.2. The lowest BCUT2D eigenvalue weighted by atomic mass is 9.94. The Morgan fingerprint density at radius 3 is 2.65 bits per heavy atom. The van der Waals surface area contributed by atoms with Crippen molar-refractivity contribution in [1.82, 2.24) is 4.90 Å². The van der Waals surface area contributed by atoms with Crippen molar-refractivity contribution in [3.05, 3.63) is 41.7 Å². The van der Waals surface area contributed by atoms with Gasteiger partial charge in [-0.25, -0.2) is 4.39 Å². The van der Waals surface area contributed by atoms with Crippen molar-refractivity contribution in [2.75, 3.05) is 6.54 Å². The summed E-state index contributed by atoms with van der Waals surface area (Å²) in [5, 5.41) is 0. The van der Waals surface area contributed by atoms with Crippen LogP contribution in [0.25, 0.3) is 6.08 Å². The van der Waals surface area contributed by atoms with Crippen molar-refractivity contribution in [3.8, 4) is 0 Å². The van der Waals surface area contributed by atoms with Crippen LogP contribution in [-0.2, 0) is 4.79 Å². The molecule has 1 aromatic carbocycles. The molecule has 2 nitrogen and oxygen atoms in total. The summed E-state index contributed by atoms with van der Waals surface area (Å²) in [6.45, 7) is 2.72. The number of halogens is 1. The van der Waals surface area contributed by atoms with Gasteiger partial charge in [0.2, 0.25) is 5.91 Å². The van der Waals surface area contributed by atoms with Crippen LogP contribution in [0.3, 0.4) is 0 Å². The van der Waals surface area contributed by atoms with Crippen molar-refractivity contribution in [2.45, 2.75) is 45.1 Å². The molecule has 1 amide bonds. The molecule has 0 radical (unpaired) electrons. The molecule has 0 aliphatic heterocycles. The predicted octanol–water partition coefficient (Wildman–Crippen LogP) is 4.02. The van der Waals surface area contributed by atoms with Crippen LogP contribution >= 0.6 is 0 Å². The maximum absolute atomic E-state index is 13.5. The zero-order valence-corrected chi connectivity index (χ0v) is 12.0. The predicted molar refractivity (Wildman–Crippen MR) is 79.7 cm³/mol. The van der Waals surface area contributed by atoms with Crippen LogP contribution in [-0.4, -0.2) is 23.4 Å². The van der Waals surface area contributed by atoms with E-state index in [1.54, 1.807) is 24.3 Å². The Bertz CT molecular complexity index is 478. The number of benzene rings is 1. The lowest BCUT2D eigenvalue weighted by Gasteiger charge is -2.32. The van der Waals surface area contributed by atoms with Gasteiger partial charge in [-0.15, -0.1) is 0 Å². The highest BCUT2D eigenvalue weighted by molar-refractivity contribution is 5.92. The molecular formula is C17H22FNO. The first-order valence-corrected chi connectivity index (χ1v) is 7.45. The van der Waals surface area contributed by atoms with E-state index in [2.05, 4.69) is 0 Å². The second-order valence-electron chi connectivity index (χ2n) is 5.27. The third-order valence-electron chi connectivity index (χ3n) is 3.95. The van der Waals surface area contributed by atoms with Crippen molar-refractivity contribution >= 4 is 12.0 Å². The Labute approximate surface area is 120 Å². The lowest BCUT2D eigenvalue weighted by Crippen LogP contribution is -2.40. The van der Waals surface area contributed by atoms with Crippen LogP contribution in [0.1, 0.15) is 44.6 Å². The Morgan fingerprint density at radius 2 is 2.00 bits per heavy atom. The topological polar surface area (TPSA) is 20.3 Å². The van der Waals surface area contributed by atoms with Gasteiger partial charge in [0.05, 0.1) is 0 Å². The first kappa shape index (κ1) is 14.8. The highest BCUT2D eigenvalue weighted by Gasteiger charge is 2.22. The van der Waals surface area contributed by atoms with E-state index in [9.17, 15) is 9.18 Å². The fraction of sp³-hybridized carbons (Fsp3) is 0.471. The van der Waals surface area contributed by atoms with Crippen LogP contribution < -0.4 is 0 Å². The first-order valence-electron chi connectivity index (χ1n) is 7.45. The van der Waals surface area contributed by atoms with Crippen molar-refractivity contribution in [3.63, 3.8) is 0 Å². The fourth-order valence-electron chi connectivity index (χ4n) is 2.85. The molecule has 0 N–H and O–H groups in total. The number of nitrogens with zero attached hydrogens (tertiary/aromatic N) is 1. The number of rotatable bonds is 4. The molecule has 1 saturated carbocycles. The van der Waals surface area contributed by atoms with Gasteiger partial charge in [-0.05, 0) is 31.9 Å². The molecule has 0 heterocycles. The quantitative estimate of drug-likeness (QED) is 0.760. The normalized spacial score (nSPS) is 16.5. The molecule has 1 aliphatic carbocycles. The van der Waals surface area contributed by atoms with Crippen molar-refractivity contribution < 1.29 is 9.18 Å². The smallest absolute Gasteiger partial charge is 0.246 e. The standard InChI is InChI=1S/C17H22FNO/c1-2-19(15-9-4-3-5-10-15)17(20)13-12-14-8-6-7-11-16(14)18/h6-8,11-13,15H,2-5,9-10H2,1H3/b13-12+. The number of carbonyl (C=O) groups excluding carboxylic acids is 1. The van der Waals surface area contributed by atoms with Gasteiger partial charge in [0.1, 0.15) is 5.82 Å². The molecule has 0 aromatic heterocycles. The summed E-state index contributed by atoms with van der Waals surface area (Å²) in [5.41, 5.74) is 0.459. The van der Waals surface area contributed by atoms with E-state index in [4.69, 9.17) is 0 Å². The number of carbonyl (C=O) groups is 1. The third kappa shape index (κ3) is 3.69. The lowest BCUT2D eigenvalue weighted by molar-refractivity contribution is -0.128. The van der Waals surface area contributed by atoms with Crippen LogP contribution in [0, 0.1) is 5.82 Å². The average Bonchev–Trinajstić information content (AvgIpc) is 2.48. The number of hydrogen-bond acceptors (Lipinski definition) is 1. The minimum Gasteiger partial charge on any atom is -0.336 e. The molecule has 0 bridgehead atoms. The minimum absolute atomic E-state index is 0.0114. The largest absolute Gasteiger partial charge is 0.336 e. The van der Waals surface area contributed by atoms with E-state index in [0.29, 0.717) is 18.2 Å². The van der Waals surface area contributed by atoms with Gasteiger partial charge in [0.25, 0.3) is 0 Å². The molecule has 0 unspecified atom stereocenters. The first-order chi connectivity index (χ1) is 9.72. The van der Waals surface area contributed by atoms with Crippen molar-refractivity contribution in [2.24, 2.45) is 0 Å². The Hall–Kier alpha value is -1.64. The molecule has 2 rings (SSSR count). The monoisotopic (exact) mass is 275 g/mol. The maximum Gasteiger partial charge on any atom is 0.246 e. The molecule has 0 saturated heterocycles. The summed E-state index contributed by atoms with van der Waals surface area (Å²) in [5.74, 6) is -0.306. The summed E-state index contributed by atoms with van der Waals surface area (Å²) < 4.78 is 13.5. The van der Waals surface area contributed by atoms with Gasteiger partial charge in [-0.1, -0.05) is 37.5 Å². The van der Waals surface area contributed by atoms with E-state index < -0.39 is 0 Å². The van der Waals surface area contributed by atoms with E-state index in [1.165, 1.54) is 31.4 Å². The number of amides is 1. The Balaban J connectivity index is 2.03. The fourth-order valence-corrected chi connectivity index (χ4v) is 2.85. The summed E-state index contributed by atoms with van der Waals surface area (Å²) in [6, 6.07) is 6.85. The van der Waals surface area contributed by atoms with E-state index in [-0.39, 0.29) is 11.7 Å². The van der Waals surface area contributed by atoms with Gasteiger partial charge < -0.3 is 4.90 Å². The van der Waals surface area contributed by atoms with Gasteiger partial charge in [0.15, 0.2) is 0 Å². The molecule has 0 spiro atoms. The van der Waals surface area contributed by atoms with Crippen LogP contribution in [0.5, 0.6) is 0 Å². The molecule has 108 valence electrons. The molecular weight excluding hydrogens is 253 g/mol. The summed E-state index contributed by atoms with van der Waals surface area (Å²) in [7, 11) is 0. The molecule has 3 heteroatoms. The maximum atomic E-state index is 13.5. The Morgan fingerprint density at radius 1 is 1.30 bits per heavy atom. The van der Waals surface area contributed by atoms with Gasteiger partial charge in [-0.2, -0.15) is 0 Å². The van der Waals surface area contributed by atoms with Crippen LogP contribution in [0.2, 0.25) is 0 Å². The molecule has 1 aromatic rings. The summed E-state index contributed by atoms with van der Waals surface area (Å²) >= 11 is 0. The minimum atomic E-state index is -0.294. The van der Waals surface area contributed by atoms with E-state index >= 15 is 0 Å². The second kappa shape index (κ2) is 7.22. The zero-order valence-electron chi connectivity index (χ0n) is 12.0. The van der Waals surface area contributed by atoms with Gasteiger partial charge >= 0.3 is 0 Å². The zero-order chi connectivity index (χ0) is 14.4. The molecule has 0 atom stereocenters. The summed E-state index contributed by atoms with van der Waals surface area (Å²) in [6.07, 6.45) is 8.92. The van der Waals surface area contributed by atoms with Gasteiger partial charge in [0, 0.05) is 24.2 Å². The average molecular weight is 275 g/mol. The highest BCUT2D eigenvalue weighted by atomic mass is 19.1. The van der Waals surface area contributed by atoms with E-state index in [0.717, 1.165) is 12.8 Å². The van der Waals surface area contributed by atoms with Gasteiger partial charge in [-0.3, -0.25) is 4.79 Å². The highest BCUT2D eigenvalue weighted by Crippen LogP contribution is 2.22. The Kier molecular flexibility index (Phi) is 5.33. The number of likely N-dealkylation sites (N-methyl/N-ethyl adjacent to an activating group) is 1. The molecule has 1 aliphatic rings. The van der Waals surface area contributed by atoms with Crippen LogP contribution in [0.15, 0.2) is 30.3 Å². The van der Waals surface area contributed by atoms with E-state index in [1.807, 2.05) is 11.8 Å². The second-order valence-corrected chi connectivity index (χ2v) is 5.27. The molecule has 1 fully saturated rings. The number of hydrogen-bond donors (Lipinski definition) is 0. The molecule has 20 heavy (non-hydrogen) atoms. The third-order valence-corrected chi connectivity index (χ3v) is 3.95. The SMILES string of the molecule is CCN(C(=O)/C=C/c1ccccc1F)C1CCCCC1. The van der Waals surface area contributed by atoms with Crippen molar-refractivity contribution in [1.29, 1.82) is 0 Å². The van der Waals surface area contributed by atoms with Crippen LogP contribution in [0.4, 0.5) is 4.39 Å².